The summed E-state index contributed by atoms with van der Waals surface area (Å²) in [6.45, 7) is 0.645. The average Bonchev–Trinajstić information content (AvgIpc) is 2.80. The van der Waals surface area contributed by atoms with E-state index in [1.165, 1.54) is 0 Å². The molecule has 5 N–H and O–H groups in total. The fourth-order valence-electron chi connectivity index (χ4n) is 1.35. The van der Waals surface area contributed by atoms with Crippen LogP contribution in [0.5, 0.6) is 0 Å². The van der Waals surface area contributed by atoms with Crippen LogP contribution in [-0.4, -0.2) is 15.8 Å². The number of imidazole rings is 1. The molecule has 0 amide bonds. The Bertz CT molecular complexity index is 463. The summed E-state index contributed by atoms with van der Waals surface area (Å²) in [6.07, 6.45) is 3.51. The van der Waals surface area contributed by atoms with Gasteiger partial charge in [0.15, 0.2) is 0 Å². The number of hydrogen-bond acceptors (Lipinski definition) is 3. The van der Waals surface area contributed by atoms with Gasteiger partial charge in [0.05, 0.1) is 6.54 Å². The van der Waals surface area contributed by atoms with Gasteiger partial charge in [0.25, 0.3) is 0 Å². The molecule has 0 atom stereocenters. The van der Waals surface area contributed by atoms with E-state index < -0.39 is 0 Å². The summed E-state index contributed by atoms with van der Waals surface area (Å²) in [5.74, 6) is 0.966. The van der Waals surface area contributed by atoms with Gasteiger partial charge in [0, 0.05) is 23.6 Å². The lowest BCUT2D eigenvalue weighted by Crippen LogP contribution is -2.10. The van der Waals surface area contributed by atoms with Crippen molar-refractivity contribution in [1.29, 1.82) is 5.41 Å². The molecule has 0 aliphatic heterocycles. The van der Waals surface area contributed by atoms with Crippen LogP contribution in [0.15, 0.2) is 36.7 Å². The number of nitrogens with zero attached hydrogens (tertiary/aromatic N) is 1. The van der Waals surface area contributed by atoms with Crippen LogP contribution in [0.3, 0.4) is 0 Å². The number of benzene rings is 1. The summed E-state index contributed by atoms with van der Waals surface area (Å²) >= 11 is 0. The first kappa shape index (κ1) is 13.1. The molecule has 2 rings (SSSR count). The lowest BCUT2D eigenvalue weighted by molar-refractivity contribution is 1.00. The number of nitrogen functional groups attached to an aromatic ring is 1. The van der Waals surface area contributed by atoms with E-state index in [-0.39, 0.29) is 18.2 Å². The zero-order valence-electron chi connectivity index (χ0n) is 9.10. The minimum Gasteiger partial charge on any atom is -0.384 e. The molecule has 0 aliphatic carbocycles. The molecule has 17 heavy (non-hydrogen) atoms. The number of aromatic nitrogens is 2. The van der Waals surface area contributed by atoms with Crippen molar-refractivity contribution >= 4 is 23.9 Å². The van der Waals surface area contributed by atoms with Gasteiger partial charge in [0.2, 0.25) is 0 Å². The molecule has 1 aromatic carbocycles. The lowest BCUT2D eigenvalue weighted by Gasteiger charge is -2.05. The molecule has 0 saturated heterocycles. The van der Waals surface area contributed by atoms with Crippen molar-refractivity contribution in [3.05, 3.63) is 48.0 Å². The third kappa shape index (κ3) is 3.49. The summed E-state index contributed by atoms with van der Waals surface area (Å²) in [7, 11) is 0. The van der Waals surface area contributed by atoms with Crippen LogP contribution in [-0.2, 0) is 6.54 Å². The molecule has 0 bridgehead atoms. The maximum absolute atomic E-state index is 7.26. The smallest absolute Gasteiger partial charge is 0.125 e. The monoisotopic (exact) mass is 251 g/mol. The number of amidine groups is 1. The second kappa shape index (κ2) is 5.91. The van der Waals surface area contributed by atoms with E-state index in [2.05, 4.69) is 15.3 Å². The number of nitrogens with one attached hydrogen (secondary N) is 3. The Kier molecular flexibility index (Phi) is 4.54. The number of H-pyrrole nitrogens is 1. The van der Waals surface area contributed by atoms with Gasteiger partial charge >= 0.3 is 0 Å². The van der Waals surface area contributed by atoms with Gasteiger partial charge in [-0.1, -0.05) is 0 Å². The third-order valence-corrected chi connectivity index (χ3v) is 2.21. The molecule has 0 aliphatic rings. The first-order valence-corrected chi connectivity index (χ1v) is 4.92. The van der Waals surface area contributed by atoms with E-state index in [0.717, 1.165) is 17.1 Å². The molecule has 2 aromatic rings. The Morgan fingerprint density at radius 2 is 2.06 bits per heavy atom. The van der Waals surface area contributed by atoms with Crippen molar-refractivity contribution in [2.75, 3.05) is 5.32 Å². The zero-order chi connectivity index (χ0) is 11.4. The first-order valence-electron chi connectivity index (χ1n) is 4.92. The van der Waals surface area contributed by atoms with Gasteiger partial charge in [-0.15, -0.1) is 12.4 Å². The number of anilines is 1. The Morgan fingerprint density at radius 3 is 2.59 bits per heavy atom. The van der Waals surface area contributed by atoms with Crippen LogP contribution in [0.2, 0.25) is 0 Å². The summed E-state index contributed by atoms with van der Waals surface area (Å²) < 4.78 is 0. The van der Waals surface area contributed by atoms with Crippen LogP contribution >= 0.6 is 12.4 Å². The molecular formula is C11H14ClN5. The maximum atomic E-state index is 7.26. The molecule has 1 heterocycles. The Balaban J connectivity index is 0.00000144. The maximum Gasteiger partial charge on any atom is 0.125 e. The largest absolute Gasteiger partial charge is 0.384 e. The Hall–Kier alpha value is -2.01. The lowest BCUT2D eigenvalue weighted by atomic mass is 10.2. The number of nitrogens with two attached hydrogens (primary N) is 1. The summed E-state index contributed by atoms with van der Waals surface area (Å²) in [5.41, 5.74) is 7.06. The highest BCUT2D eigenvalue weighted by Crippen LogP contribution is 2.09. The number of rotatable bonds is 4. The van der Waals surface area contributed by atoms with E-state index in [1.807, 2.05) is 24.3 Å². The van der Waals surface area contributed by atoms with Crippen LogP contribution in [0.4, 0.5) is 5.69 Å². The molecular weight excluding hydrogens is 238 g/mol. The molecule has 0 spiro atoms. The normalized spacial score (nSPS) is 9.41. The van der Waals surface area contributed by atoms with Crippen molar-refractivity contribution in [3.8, 4) is 0 Å². The van der Waals surface area contributed by atoms with Gasteiger partial charge in [-0.05, 0) is 24.3 Å². The van der Waals surface area contributed by atoms with Crippen molar-refractivity contribution in [3.63, 3.8) is 0 Å². The summed E-state index contributed by atoms with van der Waals surface area (Å²) in [6, 6.07) is 7.40. The van der Waals surface area contributed by atoms with E-state index >= 15 is 0 Å². The fourth-order valence-corrected chi connectivity index (χ4v) is 1.35. The van der Waals surface area contributed by atoms with Gasteiger partial charge < -0.3 is 16.0 Å². The minimum atomic E-state index is 0. The molecule has 0 radical (unpaired) electrons. The van der Waals surface area contributed by atoms with Crippen LogP contribution in [0, 0.1) is 5.41 Å². The molecule has 6 heteroatoms. The fraction of sp³-hybridized carbons (Fsp3) is 0.0909. The highest BCUT2D eigenvalue weighted by Gasteiger charge is 1.97. The first-order chi connectivity index (χ1) is 7.75. The van der Waals surface area contributed by atoms with Crippen molar-refractivity contribution in [2.24, 2.45) is 5.73 Å². The second-order valence-corrected chi connectivity index (χ2v) is 3.38. The topological polar surface area (TPSA) is 90.6 Å². The number of aromatic amines is 1. The predicted octanol–water partition coefficient (Wildman–Crippen LogP) is 1.73. The van der Waals surface area contributed by atoms with Gasteiger partial charge in [-0.25, -0.2) is 4.98 Å². The Labute approximate surface area is 105 Å². The molecule has 0 saturated carbocycles. The van der Waals surface area contributed by atoms with Gasteiger partial charge in [0.1, 0.15) is 11.7 Å². The molecule has 0 fully saturated rings. The third-order valence-electron chi connectivity index (χ3n) is 2.21. The van der Waals surface area contributed by atoms with Crippen LogP contribution in [0.25, 0.3) is 0 Å². The predicted molar refractivity (Wildman–Crippen MR) is 70.6 cm³/mol. The van der Waals surface area contributed by atoms with Crippen LogP contribution < -0.4 is 11.1 Å². The van der Waals surface area contributed by atoms with Crippen molar-refractivity contribution < 1.29 is 0 Å². The van der Waals surface area contributed by atoms with E-state index in [4.69, 9.17) is 11.1 Å². The standard InChI is InChI=1S/C11H13N5.ClH/c12-11(13)8-1-3-9(4-2-8)16-7-10-14-5-6-15-10;/h1-6,16H,7H2,(H3,12,13)(H,14,15);1H. The number of halogens is 1. The van der Waals surface area contributed by atoms with Gasteiger partial charge in [-0.2, -0.15) is 0 Å². The molecule has 0 unspecified atom stereocenters. The average molecular weight is 252 g/mol. The zero-order valence-corrected chi connectivity index (χ0v) is 9.92. The van der Waals surface area contributed by atoms with Crippen molar-refractivity contribution in [2.45, 2.75) is 6.54 Å². The molecule has 90 valence electrons. The van der Waals surface area contributed by atoms with Crippen LogP contribution in [0.1, 0.15) is 11.4 Å². The second-order valence-electron chi connectivity index (χ2n) is 3.38. The van der Waals surface area contributed by atoms with E-state index in [9.17, 15) is 0 Å². The quantitative estimate of drug-likeness (QED) is 0.493. The number of hydrogen-bond donors (Lipinski definition) is 4. The van der Waals surface area contributed by atoms with Gasteiger partial charge in [-0.3, -0.25) is 5.41 Å². The SMILES string of the molecule is Cl.N=C(N)c1ccc(NCc2ncc[nH]2)cc1. The highest BCUT2D eigenvalue weighted by atomic mass is 35.5. The molecule has 1 aromatic heterocycles. The highest BCUT2D eigenvalue weighted by molar-refractivity contribution is 5.95. The van der Waals surface area contributed by atoms with Crippen molar-refractivity contribution in [1.82, 2.24) is 9.97 Å². The summed E-state index contributed by atoms with van der Waals surface area (Å²) in [5, 5.41) is 10.5. The van der Waals surface area contributed by atoms with E-state index in [0.29, 0.717) is 6.54 Å². The molecule has 5 nitrogen and oxygen atoms in total. The minimum absolute atomic E-state index is 0. The summed E-state index contributed by atoms with van der Waals surface area (Å²) in [4.78, 5) is 7.11. The Morgan fingerprint density at radius 1 is 1.35 bits per heavy atom. The van der Waals surface area contributed by atoms with E-state index in [1.54, 1.807) is 12.4 Å².